The number of carboxylic acids is 1. The van der Waals surface area contributed by atoms with Crippen molar-refractivity contribution in [2.45, 2.75) is 18.9 Å². The van der Waals surface area contributed by atoms with Gasteiger partial charge in [-0.2, -0.15) is 0 Å². The molecule has 0 amide bonds. The van der Waals surface area contributed by atoms with Crippen LogP contribution in [0.2, 0.25) is 0 Å². The number of nitrogens with two attached hydrogens (primary N) is 1. The maximum absolute atomic E-state index is 10.9. The predicted molar refractivity (Wildman–Crippen MR) is 46.8 cm³/mol. The summed E-state index contributed by atoms with van der Waals surface area (Å²) < 4.78 is 10.4. The highest BCUT2D eigenvalue weighted by molar-refractivity contribution is 7.52. The molecule has 0 aliphatic carbocycles. The molecule has 0 heterocycles. The Labute approximate surface area is 80.1 Å². The summed E-state index contributed by atoms with van der Waals surface area (Å²) in [6.45, 7) is 1.10. The molecule has 0 aromatic rings. The lowest BCUT2D eigenvalue weighted by molar-refractivity contribution is -0.144. The van der Waals surface area contributed by atoms with Crippen molar-refractivity contribution in [2.75, 3.05) is 6.16 Å². The quantitative estimate of drug-likeness (QED) is 0.436. The van der Waals surface area contributed by atoms with Crippen molar-refractivity contribution >= 4 is 19.3 Å². The first-order valence-electron chi connectivity index (χ1n) is 3.63. The van der Waals surface area contributed by atoms with Crippen LogP contribution in [0.3, 0.4) is 0 Å². The second kappa shape index (κ2) is 4.18. The fraction of sp³-hybridized carbons (Fsp3) is 0.667. The summed E-state index contributed by atoms with van der Waals surface area (Å²) in [5.74, 6) is -2.26. The van der Waals surface area contributed by atoms with Crippen LogP contribution >= 0.6 is 7.60 Å². The average Bonchev–Trinajstić information content (AvgIpc) is 1.79. The van der Waals surface area contributed by atoms with Gasteiger partial charge in [-0.15, -0.1) is 0 Å². The molecule has 0 spiro atoms. The fourth-order valence-electron chi connectivity index (χ4n) is 0.771. The van der Waals surface area contributed by atoms with E-state index in [2.05, 4.69) is 0 Å². The number of aliphatic carboxylic acids is 1. The highest BCUT2D eigenvalue weighted by Gasteiger charge is 2.32. The van der Waals surface area contributed by atoms with Gasteiger partial charge in [0.15, 0.2) is 0 Å². The molecule has 7 nitrogen and oxygen atoms in total. The van der Waals surface area contributed by atoms with Gasteiger partial charge in [0.25, 0.3) is 0 Å². The third-order valence-electron chi connectivity index (χ3n) is 1.44. The van der Waals surface area contributed by atoms with Gasteiger partial charge in [-0.05, 0) is 6.92 Å². The smallest absolute Gasteiger partial charge is 0.332 e. The molecule has 0 rings (SSSR count). The fourth-order valence-corrected chi connectivity index (χ4v) is 1.34. The van der Waals surface area contributed by atoms with Gasteiger partial charge < -0.3 is 20.6 Å². The van der Waals surface area contributed by atoms with Gasteiger partial charge in [0, 0.05) is 6.42 Å². The highest BCUT2D eigenvalue weighted by Crippen LogP contribution is 2.34. The Kier molecular flexibility index (Phi) is 3.96. The molecule has 0 unspecified atom stereocenters. The standard InChI is InChI=1S/C6H12NO6P/c1-6(7,5(9)10)2-4(8)3-14(11,12)13/h2-3,7H2,1H3,(H,9,10)(H2,11,12,13)/t6-/m1/s1. The molecule has 0 saturated heterocycles. The Morgan fingerprint density at radius 2 is 1.86 bits per heavy atom. The summed E-state index contributed by atoms with van der Waals surface area (Å²) in [5.41, 5.74) is 3.42. The number of Topliss-reactive ketones (excluding diaryl/α,β-unsaturated/α-hetero) is 1. The second-order valence-corrected chi connectivity index (χ2v) is 4.91. The van der Waals surface area contributed by atoms with E-state index in [0.717, 1.165) is 6.92 Å². The van der Waals surface area contributed by atoms with E-state index in [1.807, 2.05) is 0 Å². The number of hydrogen-bond donors (Lipinski definition) is 4. The van der Waals surface area contributed by atoms with Crippen molar-refractivity contribution < 1.29 is 29.0 Å². The Bertz CT molecular complexity index is 293. The minimum absolute atomic E-state index is 0.604. The topological polar surface area (TPSA) is 138 Å². The summed E-state index contributed by atoms with van der Waals surface area (Å²) in [5, 5.41) is 8.52. The largest absolute Gasteiger partial charge is 0.480 e. The Hall–Kier alpha value is -0.750. The summed E-state index contributed by atoms with van der Waals surface area (Å²) in [4.78, 5) is 38.2. The van der Waals surface area contributed by atoms with Gasteiger partial charge in [0.2, 0.25) is 0 Å². The van der Waals surface area contributed by atoms with E-state index in [1.165, 1.54) is 0 Å². The molecular weight excluding hydrogens is 213 g/mol. The molecule has 0 bridgehead atoms. The Balaban J connectivity index is 4.35. The molecule has 0 fully saturated rings. The number of rotatable bonds is 5. The predicted octanol–water partition coefficient (Wildman–Crippen LogP) is -1.07. The third kappa shape index (κ3) is 5.08. The minimum Gasteiger partial charge on any atom is -0.480 e. The van der Waals surface area contributed by atoms with E-state index < -0.39 is 37.5 Å². The number of hydrogen-bond acceptors (Lipinski definition) is 4. The van der Waals surface area contributed by atoms with Crippen LogP contribution in [0.5, 0.6) is 0 Å². The van der Waals surface area contributed by atoms with Gasteiger partial charge in [-0.3, -0.25) is 14.2 Å². The molecule has 0 aliphatic rings. The zero-order valence-corrected chi connectivity index (χ0v) is 8.40. The molecule has 0 aromatic carbocycles. The van der Waals surface area contributed by atoms with Crippen molar-refractivity contribution in [3.05, 3.63) is 0 Å². The van der Waals surface area contributed by atoms with Gasteiger partial charge in [0.05, 0.1) is 0 Å². The van der Waals surface area contributed by atoms with Gasteiger partial charge in [0.1, 0.15) is 17.5 Å². The maximum Gasteiger partial charge on any atom is 0.332 e. The highest BCUT2D eigenvalue weighted by atomic mass is 31.2. The molecule has 82 valence electrons. The molecule has 0 radical (unpaired) electrons. The first kappa shape index (κ1) is 13.2. The van der Waals surface area contributed by atoms with E-state index in [-0.39, 0.29) is 0 Å². The minimum atomic E-state index is -4.44. The number of carbonyl (C=O) groups is 2. The van der Waals surface area contributed by atoms with Crippen LogP contribution < -0.4 is 5.73 Å². The normalized spacial score (nSPS) is 16.0. The van der Waals surface area contributed by atoms with E-state index >= 15 is 0 Å². The SMILES string of the molecule is C[C@@](N)(CC(=O)CP(=O)(O)O)C(=O)O. The lowest BCUT2D eigenvalue weighted by Gasteiger charge is -2.17. The number of carbonyl (C=O) groups excluding carboxylic acids is 1. The summed E-state index contributed by atoms with van der Waals surface area (Å²) in [6.07, 6.45) is -1.58. The van der Waals surface area contributed by atoms with Crippen LogP contribution in [0.1, 0.15) is 13.3 Å². The summed E-state index contributed by atoms with van der Waals surface area (Å²) >= 11 is 0. The first-order valence-corrected chi connectivity index (χ1v) is 5.43. The van der Waals surface area contributed by atoms with Gasteiger partial charge in [-0.25, -0.2) is 0 Å². The Morgan fingerprint density at radius 1 is 1.43 bits per heavy atom. The maximum atomic E-state index is 10.9. The Morgan fingerprint density at radius 3 is 2.14 bits per heavy atom. The third-order valence-corrected chi connectivity index (χ3v) is 2.20. The molecule has 8 heteroatoms. The summed E-state index contributed by atoms with van der Waals surface area (Å²) in [6, 6.07) is 0. The van der Waals surface area contributed by atoms with E-state index in [9.17, 15) is 14.2 Å². The van der Waals surface area contributed by atoms with Gasteiger partial charge in [-0.1, -0.05) is 0 Å². The first-order chi connectivity index (χ1) is 6.04. The van der Waals surface area contributed by atoms with Gasteiger partial charge >= 0.3 is 13.6 Å². The molecule has 1 atom stereocenters. The van der Waals surface area contributed by atoms with Crippen molar-refractivity contribution in [2.24, 2.45) is 5.73 Å². The second-order valence-electron chi connectivity index (χ2n) is 3.26. The van der Waals surface area contributed by atoms with E-state index in [0.29, 0.717) is 0 Å². The van der Waals surface area contributed by atoms with E-state index in [4.69, 9.17) is 20.6 Å². The average molecular weight is 225 g/mol. The molecule has 14 heavy (non-hydrogen) atoms. The molecule has 0 aliphatic heterocycles. The lowest BCUT2D eigenvalue weighted by Crippen LogP contribution is -2.46. The van der Waals surface area contributed by atoms with Crippen LogP contribution in [0.4, 0.5) is 0 Å². The van der Waals surface area contributed by atoms with Crippen LogP contribution in [0.25, 0.3) is 0 Å². The van der Waals surface area contributed by atoms with Crippen molar-refractivity contribution in [3.63, 3.8) is 0 Å². The zero-order chi connectivity index (χ0) is 11.6. The number of ketones is 1. The van der Waals surface area contributed by atoms with Crippen LogP contribution in [-0.2, 0) is 14.2 Å². The van der Waals surface area contributed by atoms with Crippen molar-refractivity contribution in [1.82, 2.24) is 0 Å². The van der Waals surface area contributed by atoms with Crippen LogP contribution in [0, 0.1) is 0 Å². The monoisotopic (exact) mass is 225 g/mol. The number of carboxylic acid groups (broad SMARTS) is 1. The molecular formula is C6H12NO6P. The molecule has 0 saturated carbocycles. The lowest BCUT2D eigenvalue weighted by atomic mass is 9.97. The molecule has 0 aromatic heterocycles. The van der Waals surface area contributed by atoms with Crippen molar-refractivity contribution in [1.29, 1.82) is 0 Å². The van der Waals surface area contributed by atoms with Crippen LogP contribution in [0.15, 0.2) is 0 Å². The van der Waals surface area contributed by atoms with Crippen LogP contribution in [-0.4, -0.2) is 38.3 Å². The summed E-state index contributed by atoms with van der Waals surface area (Å²) in [7, 11) is -4.44. The van der Waals surface area contributed by atoms with Crippen molar-refractivity contribution in [3.8, 4) is 0 Å². The zero-order valence-electron chi connectivity index (χ0n) is 7.51. The van der Waals surface area contributed by atoms with E-state index in [1.54, 1.807) is 0 Å². The molecule has 5 N–H and O–H groups in total.